The molecule has 2 heterocycles. The Balaban J connectivity index is 1.52. The molecular formula is C22H19ClFN5O3. The molecule has 0 bridgehead atoms. The molecule has 8 nitrogen and oxygen atoms in total. The maximum absolute atomic E-state index is 13.4. The van der Waals surface area contributed by atoms with Crippen LogP contribution in [0.3, 0.4) is 0 Å². The first-order valence-corrected chi connectivity index (χ1v) is 10.2. The summed E-state index contributed by atoms with van der Waals surface area (Å²) >= 11 is 5.85. The van der Waals surface area contributed by atoms with Gasteiger partial charge in [-0.25, -0.2) is 19.2 Å². The molecule has 1 aromatic heterocycles. The molecule has 1 fully saturated rings. The fraction of sp³-hybridized carbons (Fsp3) is 0.182. The Hall–Kier alpha value is -3.72. The highest BCUT2D eigenvalue weighted by Gasteiger charge is 2.30. The number of hydrogen-bond donors (Lipinski definition) is 2. The Kier molecular flexibility index (Phi) is 6.18. The van der Waals surface area contributed by atoms with Gasteiger partial charge in [0, 0.05) is 29.7 Å². The lowest BCUT2D eigenvalue weighted by molar-refractivity contribution is -0.132. The van der Waals surface area contributed by atoms with Crippen LogP contribution in [0.25, 0.3) is 10.9 Å². The monoisotopic (exact) mass is 455 g/mol. The maximum atomic E-state index is 13.4. The van der Waals surface area contributed by atoms with Gasteiger partial charge in [-0.15, -0.1) is 0 Å². The zero-order chi connectivity index (χ0) is 22.7. The molecule has 164 valence electrons. The molecule has 1 atom stereocenters. The summed E-state index contributed by atoms with van der Waals surface area (Å²) in [6.07, 6.45) is 2.58. The third-order valence-corrected chi connectivity index (χ3v) is 5.25. The number of aromatic nitrogens is 2. The van der Waals surface area contributed by atoms with Gasteiger partial charge >= 0.3 is 6.09 Å². The summed E-state index contributed by atoms with van der Waals surface area (Å²) in [6, 6.07) is 9.32. The van der Waals surface area contributed by atoms with E-state index in [0.29, 0.717) is 41.1 Å². The van der Waals surface area contributed by atoms with E-state index < -0.39 is 18.1 Å². The molecule has 10 heteroatoms. The molecule has 1 saturated heterocycles. The van der Waals surface area contributed by atoms with Crippen molar-refractivity contribution in [3.63, 3.8) is 0 Å². The number of carbonyl (C=O) groups excluding carboxylic acids is 2. The van der Waals surface area contributed by atoms with Crippen LogP contribution in [0, 0.1) is 5.82 Å². The summed E-state index contributed by atoms with van der Waals surface area (Å²) in [5.74, 6) is -0.349. The summed E-state index contributed by atoms with van der Waals surface area (Å²) in [7, 11) is 0. The number of nitrogens with zero attached hydrogens (tertiary/aromatic N) is 3. The predicted molar refractivity (Wildman–Crippen MR) is 119 cm³/mol. The van der Waals surface area contributed by atoms with Gasteiger partial charge in [0.15, 0.2) is 6.23 Å². The average molecular weight is 456 g/mol. The van der Waals surface area contributed by atoms with Gasteiger partial charge in [0.25, 0.3) is 0 Å². The standard InChI is InChI=1S/C22H19ClFN5O3/c1-2-19(30)29-9-3-4-20(29)32-22(31)28-13-6-8-18-15(10-13)21(26-12-25-18)27-14-5-7-17(24)16(23)11-14/h2,5-8,10-12,20H,1,3-4,9H2,(H,28,31)(H,25,26,27)/t20-/m0/s1. The lowest BCUT2D eigenvalue weighted by Gasteiger charge is -2.23. The first-order chi connectivity index (χ1) is 15.4. The Bertz CT molecular complexity index is 1210. The highest BCUT2D eigenvalue weighted by atomic mass is 35.5. The van der Waals surface area contributed by atoms with Crippen molar-refractivity contribution in [3.05, 3.63) is 66.2 Å². The van der Waals surface area contributed by atoms with Crippen molar-refractivity contribution in [2.45, 2.75) is 19.1 Å². The van der Waals surface area contributed by atoms with E-state index >= 15 is 0 Å². The van der Waals surface area contributed by atoms with Gasteiger partial charge in [-0.1, -0.05) is 18.2 Å². The van der Waals surface area contributed by atoms with Gasteiger partial charge < -0.3 is 15.0 Å². The normalized spacial score (nSPS) is 15.4. The molecule has 2 N–H and O–H groups in total. The first-order valence-electron chi connectivity index (χ1n) is 9.82. The summed E-state index contributed by atoms with van der Waals surface area (Å²) in [6.45, 7) is 3.98. The largest absolute Gasteiger partial charge is 0.425 e. The van der Waals surface area contributed by atoms with Crippen molar-refractivity contribution < 1.29 is 18.7 Å². The van der Waals surface area contributed by atoms with E-state index in [0.717, 1.165) is 6.42 Å². The molecule has 4 rings (SSSR count). The van der Waals surface area contributed by atoms with Crippen LogP contribution in [0.15, 0.2) is 55.4 Å². The number of anilines is 3. The van der Waals surface area contributed by atoms with Crippen LogP contribution in [0.1, 0.15) is 12.8 Å². The highest BCUT2D eigenvalue weighted by Crippen LogP contribution is 2.28. The van der Waals surface area contributed by atoms with Gasteiger partial charge in [-0.3, -0.25) is 10.1 Å². The van der Waals surface area contributed by atoms with E-state index in [2.05, 4.69) is 27.2 Å². The molecule has 3 aromatic rings. The molecular weight excluding hydrogens is 437 g/mol. The fourth-order valence-electron chi connectivity index (χ4n) is 3.44. The fourth-order valence-corrected chi connectivity index (χ4v) is 3.62. The zero-order valence-corrected chi connectivity index (χ0v) is 17.6. The number of likely N-dealkylation sites (tertiary alicyclic amines) is 1. The molecule has 0 saturated carbocycles. The third kappa shape index (κ3) is 4.62. The molecule has 2 aromatic carbocycles. The molecule has 1 aliphatic rings. The summed E-state index contributed by atoms with van der Waals surface area (Å²) in [5.41, 5.74) is 1.63. The van der Waals surface area contributed by atoms with Gasteiger partial charge in [0.2, 0.25) is 5.91 Å². The Morgan fingerprint density at radius 1 is 1.22 bits per heavy atom. The molecule has 1 aliphatic heterocycles. The van der Waals surface area contributed by atoms with Crippen LogP contribution in [-0.2, 0) is 9.53 Å². The second-order valence-corrected chi connectivity index (χ2v) is 7.48. The van der Waals surface area contributed by atoms with Crippen LogP contribution in [0.2, 0.25) is 5.02 Å². The third-order valence-electron chi connectivity index (χ3n) is 4.96. The number of amides is 2. The Morgan fingerprint density at radius 3 is 2.81 bits per heavy atom. The number of carbonyl (C=O) groups is 2. The number of nitrogens with one attached hydrogen (secondary N) is 2. The summed E-state index contributed by atoms with van der Waals surface area (Å²) < 4.78 is 18.9. The van der Waals surface area contributed by atoms with E-state index in [1.807, 2.05) is 0 Å². The number of halogens is 2. The number of hydrogen-bond acceptors (Lipinski definition) is 6. The van der Waals surface area contributed by atoms with Crippen LogP contribution in [-0.4, -0.2) is 39.6 Å². The smallest absolute Gasteiger partial charge is 0.413 e. The van der Waals surface area contributed by atoms with E-state index in [4.69, 9.17) is 16.3 Å². The van der Waals surface area contributed by atoms with Crippen molar-refractivity contribution in [2.75, 3.05) is 17.2 Å². The van der Waals surface area contributed by atoms with Gasteiger partial charge in [-0.2, -0.15) is 0 Å². The van der Waals surface area contributed by atoms with Crippen molar-refractivity contribution >= 4 is 51.7 Å². The predicted octanol–water partition coefficient (Wildman–Crippen LogP) is 4.85. The van der Waals surface area contributed by atoms with Crippen molar-refractivity contribution in [3.8, 4) is 0 Å². The highest BCUT2D eigenvalue weighted by molar-refractivity contribution is 6.31. The van der Waals surface area contributed by atoms with Crippen LogP contribution in [0.4, 0.5) is 26.4 Å². The van der Waals surface area contributed by atoms with Crippen LogP contribution in [0.5, 0.6) is 0 Å². The second-order valence-electron chi connectivity index (χ2n) is 7.07. The van der Waals surface area contributed by atoms with Gasteiger partial charge in [0.05, 0.1) is 10.5 Å². The lowest BCUT2D eigenvalue weighted by Crippen LogP contribution is -2.38. The molecule has 0 spiro atoms. The Labute approximate surface area is 188 Å². The molecule has 0 unspecified atom stereocenters. The SMILES string of the molecule is C=CC(=O)N1CCC[C@@H]1OC(=O)Nc1ccc2ncnc(Nc3ccc(F)c(Cl)c3)c2c1. The van der Waals surface area contributed by atoms with Crippen molar-refractivity contribution in [1.82, 2.24) is 14.9 Å². The van der Waals surface area contributed by atoms with E-state index in [9.17, 15) is 14.0 Å². The number of rotatable bonds is 5. The summed E-state index contributed by atoms with van der Waals surface area (Å²) in [4.78, 5) is 34.2. The van der Waals surface area contributed by atoms with E-state index in [-0.39, 0.29) is 10.9 Å². The maximum Gasteiger partial charge on any atom is 0.413 e. The number of ether oxygens (including phenoxy) is 1. The van der Waals surface area contributed by atoms with Gasteiger partial charge in [0.1, 0.15) is 18.0 Å². The van der Waals surface area contributed by atoms with E-state index in [1.54, 1.807) is 18.2 Å². The molecule has 0 aliphatic carbocycles. The zero-order valence-electron chi connectivity index (χ0n) is 16.8. The van der Waals surface area contributed by atoms with Crippen LogP contribution >= 0.6 is 11.6 Å². The second kappa shape index (κ2) is 9.19. The molecule has 2 amide bonds. The minimum Gasteiger partial charge on any atom is -0.425 e. The molecule has 32 heavy (non-hydrogen) atoms. The van der Waals surface area contributed by atoms with Crippen molar-refractivity contribution in [1.29, 1.82) is 0 Å². The Morgan fingerprint density at radius 2 is 2.03 bits per heavy atom. The van der Waals surface area contributed by atoms with E-state index in [1.165, 1.54) is 35.5 Å². The first kappa shape index (κ1) is 21.5. The molecule has 0 radical (unpaired) electrons. The lowest BCUT2D eigenvalue weighted by atomic mass is 10.2. The van der Waals surface area contributed by atoms with Crippen LogP contribution < -0.4 is 10.6 Å². The topological polar surface area (TPSA) is 96.5 Å². The van der Waals surface area contributed by atoms with Crippen molar-refractivity contribution in [2.24, 2.45) is 0 Å². The minimum atomic E-state index is -0.685. The average Bonchev–Trinajstić information content (AvgIpc) is 3.24. The van der Waals surface area contributed by atoms with Gasteiger partial charge in [-0.05, 0) is 48.9 Å². The minimum absolute atomic E-state index is 0.0191. The quantitative estimate of drug-likeness (QED) is 0.534. The number of benzene rings is 2. The summed E-state index contributed by atoms with van der Waals surface area (Å²) in [5, 5.41) is 6.35. The number of fused-ring (bicyclic) bond motifs is 1.